The minimum absolute atomic E-state index is 0.390. The van der Waals surface area contributed by atoms with Gasteiger partial charge in [-0.25, -0.2) is 22.2 Å². The van der Waals surface area contributed by atoms with Gasteiger partial charge in [-0.15, -0.1) is 0 Å². The van der Waals surface area contributed by atoms with E-state index in [0.29, 0.717) is 0 Å². The minimum atomic E-state index is -4.27. The number of aromatic nitrogens is 1. The molecule has 0 aliphatic heterocycles. The maximum absolute atomic E-state index is 12.4. The van der Waals surface area contributed by atoms with Crippen molar-refractivity contribution in [2.45, 2.75) is 11.5 Å². The van der Waals surface area contributed by atoms with Gasteiger partial charge in [0.25, 0.3) is 15.5 Å². The van der Waals surface area contributed by atoms with Crippen molar-refractivity contribution < 1.29 is 17.2 Å². The average molecular weight is 277 g/mol. The van der Waals surface area contributed by atoms with Crippen molar-refractivity contribution in [1.29, 1.82) is 0 Å². The lowest BCUT2D eigenvalue weighted by molar-refractivity contribution is 0.152. The van der Waals surface area contributed by atoms with Crippen LogP contribution in [0, 0.1) is 0 Å². The Morgan fingerprint density at radius 2 is 2.00 bits per heavy atom. The minimum Gasteiger partial charge on any atom is -0.397 e. The van der Waals surface area contributed by atoms with E-state index in [0.717, 1.165) is 6.20 Å². The van der Waals surface area contributed by atoms with Gasteiger partial charge in [0, 0.05) is 10.7 Å². The van der Waals surface area contributed by atoms with Crippen molar-refractivity contribution in [3.05, 3.63) is 16.8 Å². The summed E-state index contributed by atoms with van der Waals surface area (Å²) in [6.45, 7) is 0. The predicted molar refractivity (Wildman–Crippen MR) is 51.7 cm³/mol. The molecule has 1 aromatic heterocycles. The number of anilines is 1. The van der Waals surface area contributed by atoms with Crippen LogP contribution in [0.25, 0.3) is 0 Å². The Morgan fingerprint density at radius 3 is 2.40 bits per heavy atom. The molecule has 0 fully saturated rings. The third kappa shape index (κ3) is 2.47. The lowest BCUT2D eigenvalue weighted by Crippen LogP contribution is -2.04. The molecule has 0 amide bonds. The average Bonchev–Trinajstić information content (AvgIpc) is 2.00. The van der Waals surface area contributed by atoms with Crippen LogP contribution in [-0.2, 0) is 9.05 Å². The highest BCUT2D eigenvalue weighted by Gasteiger charge is 2.25. The van der Waals surface area contributed by atoms with E-state index in [-0.39, 0.29) is 5.69 Å². The fourth-order valence-electron chi connectivity index (χ4n) is 0.888. The van der Waals surface area contributed by atoms with E-state index in [1.165, 1.54) is 0 Å². The van der Waals surface area contributed by atoms with Crippen LogP contribution < -0.4 is 5.73 Å². The van der Waals surface area contributed by atoms with E-state index in [9.17, 15) is 17.2 Å². The second kappa shape index (κ2) is 4.07. The molecule has 0 bridgehead atoms. The maximum atomic E-state index is 12.4. The summed E-state index contributed by atoms with van der Waals surface area (Å²) in [4.78, 5) is 3.28. The fourth-order valence-corrected chi connectivity index (χ4v) is 2.41. The summed E-state index contributed by atoms with van der Waals surface area (Å²) in [5, 5.41) is -1.57. The van der Waals surface area contributed by atoms with E-state index in [4.69, 9.17) is 28.0 Å². The van der Waals surface area contributed by atoms with Gasteiger partial charge in [0.15, 0.2) is 5.03 Å². The van der Waals surface area contributed by atoms with Crippen molar-refractivity contribution in [3.8, 4) is 0 Å². The van der Waals surface area contributed by atoms with Crippen molar-refractivity contribution in [1.82, 2.24) is 4.98 Å². The van der Waals surface area contributed by atoms with Gasteiger partial charge < -0.3 is 5.73 Å². The molecule has 1 rings (SSSR count). The van der Waals surface area contributed by atoms with Gasteiger partial charge in [0.1, 0.15) is 0 Å². The molecule has 9 heteroatoms. The summed E-state index contributed by atoms with van der Waals surface area (Å²) >= 11 is 5.41. The van der Waals surface area contributed by atoms with Crippen LogP contribution in [0.1, 0.15) is 12.0 Å². The monoisotopic (exact) mass is 276 g/mol. The standard InChI is InChI=1S/C6H4Cl2F2N2O2S/c7-4-3(5(9)10)2(11)1-12-6(4)15(8,13)14/h1,5H,11H2. The quantitative estimate of drug-likeness (QED) is 0.841. The Bertz CT molecular complexity index is 492. The number of hydrogen-bond acceptors (Lipinski definition) is 4. The number of halogens is 4. The van der Waals surface area contributed by atoms with Crippen LogP contribution in [0.15, 0.2) is 11.2 Å². The van der Waals surface area contributed by atoms with Crippen LogP contribution in [0.4, 0.5) is 14.5 Å². The number of nitrogen functional groups attached to an aromatic ring is 1. The molecule has 0 radical (unpaired) electrons. The first-order valence-corrected chi connectivity index (χ1v) is 6.10. The fraction of sp³-hybridized carbons (Fsp3) is 0.167. The Kier molecular flexibility index (Phi) is 3.37. The van der Waals surface area contributed by atoms with Gasteiger partial charge in [-0.05, 0) is 0 Å². The normalized spacial score (nSPS) is 12.1. The van der Waals surface area contributed by atoms with E-state index in [1.54, 1.807) is 0 Å². The summed E-state index contributed by atoms with van der Waals surface area (Å²) in [6.07, 6.45) is -2.24. The molecule has 0 aliphatic rings. The van der Waals surface area contributed by atoms with Crippen LogP contribution in [0.3, 0.4) is 0 Å². The molecule has 1 heterocycles. The number of hydrogen-bond donors (Lipinski definition) is 1. The molecule has 0 saturated carbocycles. The van der Waals surface area contributed by atoms with E-state index < -0.39 is 31.1 Å². The Morgan fingerprint density at radius 1 is 1.47 bits per heavy atom. The summed E-state index contributed by atoms with van der Waals surface area (Å²) in [5.74, 6) is 0. The molecule has 0 aromatic carbocycles. The molecule has 0 unspecified atom stereocenters. The Labute approximate surface area is 93.4 Å². The van der Waals surface area contributed by atoms with Crippen LogP contribution in [0.5, 0.6) is 0 Å². The predicted octanol–water partition coefficient (Wildman–Crippen LogP) is 2.18. The van der Waals surface area contributed by atoms with E-state index >= 15 is 0 Å². The smallest absolute Gasteiger partial charge is 0.280 e. The number of nitrogens with zero attached hydrogens (tertiary/aromatic N) is 1. The van der Waals surface area contributed by atoms with Gasteiger partial charge in [-0.1, -0.05) is 11.6 Å². The highest BCUT2D eigenvalue weighted by atomic mass is 35.7. The van der Waals surface area contributed by atoms with Crippen LogP contribution in [0.2, 0.25) is 5.02 Å². The molecular formula is C6H4Cl2F2N2O2S. The SMILES string of the molecule is Nc1cnc(S(=O)(=O)Cl)c(Cl)c1C(F)F. The van der Waals surface area contributed by atoms with E-state index in [1.807, 2.05) is 0 Å². The molecule has 2 N–H and O–H groups in total. The van der Waals surface area contributed by atoms with Crippen LogP contribution in [-0.4, -0.2) is 13.4 Å². The molecular weight excluding hydrogens is 273 g/mol. The summed E-state index contributed by atoms with van der Waals surface area (Å²) in [6, 6.07) is 0. The second-order valence-electron chi connectivity index (χ2n) is 2.48. The summed E-state index contributed by atoms with van der Waals surface area (Å²) in [7, 11) is 0.666. The number of pyridine rings is 1. The Hall–Kier alpha value is -0.660. The summed E-state index contributed by atoms with van der Waals surface area (Å²) in [5.41, 5.74) is 3.99. The molecule has 0 atom stereocenters. The zero-order chi connectivity index (χ0) is 11.8. The van der Waals surface area contributed by atoms with Crippen molar-refractivity contribution >= 4 is 37.0 Å². The maximum Gasteiger partial charge on any atom is 0.280 e. The largest absolute Gasteiger partial charge is 0.397 e. The van der Waals surface area contributed by atoms with Gasteiger partial charge in [-0.3, -0.25) is 0 Å². The van der Waals surface area contributed by atoms with Crippen LogP contribution >= 0.6 is 22.3 Å². The molecule has 0 saturated heterocycles. The molecule has 0 spiro atoms. The zero-order valence-corrected chi connectivity index (χ0v) is 9.24. The first kappa shape index (κ1) is 12.4. The number of rotatable bonds is 2. The Balaban J connectivity index is 3.56. The van der Waals surface area contributed by atoms with E-state index in [2.05, 4.69) is 4.98 Å². The first-order valence-electron chi connectivity index (χ1n) is 3.42. The van der Waals surface area contributed by atoms with Gasteiger partial charge in [0.05, 0.1) is 22.5 Å². The lowest BCUT2D eigenvalue weighted by Gasteiger charge is -2.08. The second-order valence-corrected chi connectivity index (χ2v) is 5.34. The zero-order valence-electron chi connectivity index (χ0n) is 6.92. The third-order valence-electron chi connectivity index (χ3n) is 1.51. The van der Waals surface area contributed by atoms with Gasteiger partial charge in [0.2, 0.25) is 0 Å². The van der Waals surface area contributed by atoms with Gasteiger partial charge >= 0.3 is 0 Å². The van der Waals surface area contributed by atoms with Crippen molar-refractivity contribution in [3.63, 3.8) is 0 Å². The molecule has 4 nitrogen and oxygen atoms in total. The van der Waals surface area contributed by atoms with Crippen molar-refractivity contribution in [2.75, 3.05) is 5.73 Å². The topological polar surface area (TPSA) is 73.0 Å². The highest BCUT2D eigenvalue weighted by Crippen LogP contribution is 2.35. The molecule has 0 aliphatic carbocycles. The highest BCUT2D eigenvalue weighted by molar-refractivity contribution is 8.13. The molecule has 84 valence electrons. The summed E-state index contributed by atoms with van der Waals surface area (Å²) < 4.78 is 46.6. The molecule has 15 heavy (non-hydrogen) atoms. The number of nitrogens with two attached hydrogens (primary N) is 1. The lowest BCUT2D eigenvalue weighted by atomic mass is 10.2. The molecule has 1 aromatic rings. The van der Waals surface area contributed by atoms with Gasteiger partial charge in [-0.2, -0.15) is 0 Å². The van der Waals surface area contributed by atoms with Crippen molar-refractivity contribution in [2.24, 2.45) is 0 Å². The number of alkyl halides is 2. The third-order valence-corrected chi connectivity index (χ3v) is 3.21. The first-order chi connectivity index (χ1) is 6.75.